The number of nitrogens with one attached hydrogen (secondary N) is 1. The van der Waals surface area contributed by atoms with Gasteiger partial charge in [0.15, 0.2) is 0 Å². The SMILES string of the molecule is CC.N#Cc1cc(-c2ccc(F)cc2C(=O)N2CC(F)C2)cc(-n2cc(C#N)c3cc(CN4CCCCC4)[nH]c3c2=O)c1. The molecule has 2 aliphatic heterocycles. The molecule has 6 rings (SSSR count). The molecular weight excluding hydrogens is 550 g/mol. The summed E-state index contributed by atoms with van der Waals surface area (Å²) in [5.74, 6) is -1.14. The minimum Gasteiger partial charge on any atom is -0.353 e. The smallest absolute Gasteiger partial charge is 0.279 e. The molecule has 4 aromatic rings. The third kappa shape index (κ3) is 5.93. The van der Waals surface area contributed by atoms with E-state index in [2.05, 4.69) is 22.0 Å². The van der Waals surface area contributed by atoms with Gasteiger partial charge in [-0.15, -0.1) is 0 Å². The summed E-state index contributed by atoms with van der Waals surface area (Å²) >= 11 is 0. The van der Waals surface area contributed by atoms with Crippen molar-refractivity contribution in [3.05, 3.63) is 87.2 Å². The van der Waals surface area contributed by atoms with Crippen LogP contribution < -0.4 is 5.56 Å². The van der Waals surface area contributed by atoms with Crippen molar-refractivity contribution in [3.8, 4) is 29.0 Å². The number of likely N-dealkylation sites (tertiary alicyclic amines) is 2. The number of fused-ring (bicyclic) bond motifs is 1. The molecule has 2 aliphatic rings. The van der Waals surface area contributed by atoms with Crippen LogP contribution in [0.25, 0.3) is 27.7 Å². The molecule has 2 aromatic carbocycles. The first kappa shape index (κ1) is 29.7. The molecule has 0 atom stereocenters. The van der Waals surface area contributed by atoms with Crippen molar-refractivity contribution in [1.82, 2.24) is 19.4 Å². The van der Waals surface area contributed by atoms with Gasteiger partial charge in [0.1, 0.15) is 23.6 Å². The van der Waals surface area contributed by atoms with E-state index in [1.807, 2.05) is 19.9 Å². The van der Waals surface area contributed by atoms with E-state index in [-0.39, 0.29) is 29.7 Å². The minimum atomic E-state index is -1.12. The fraction of sp³-hybridized carbons (Fsp3) is 0.333. The lowest BCUT2D eigenvalue weighted by atomic mass is 9.95. The number of nitriles is 2. The number of piperidine rings is 1. The molecule has 0 saturated carbocycles. The summed E-state index contributed by atoms with van der Waals surface area (Å²) in [5.41, 5.74) is 2.33. The molecule has 2 fully saturated rings. The van der Waals surface area contributed by atoms with Gasteiger partial charge in [-0.2, -0.15) is 10.5 Å². The number of aromatic nitrogens is 2. The molecule has 220 valence electrons. The number of hydrogen-bond donors (Lipinski definition) is 1. The molecule has 1 amide bonds. The summed E-state index contributed by atoms with van der Waals surface area (Å²) in [4.78, 5) is 33.6. The highest BCUT2D eigenvalue weighted by atomic mass is 19.1. The van der Waals surface area contributed by atoms with Gasteiger partial charge in [-0.1, -0.05) is 26.3 Å². The number of rotatable bonds is 5. The predicted octanol–water partition coefficient (Wildman–Crippen LogP) is 5.67. The number of alkyl halides is 1. The Morgan fingerprint density at radius 3 is 2.44 bits per heavy atom. The first-order valence-corrected chi connectivity index (χ1v) is 14.5. The van der Waals surface area contributed by atoms with Crippen LogP contribution in [0.5, 0.6) is 0 Å². The number of aromatic amines is 1. The maximum absolute atomic E-state index is 14.2. The van der Waals surface area contributed by atoms with Gasteiger partial charge >= 0.3 is 0 Å². The number of carbonyl (C=O) groups excluding carboxylic acids is 1. The Kier molecular flexibility index (Phi) is 8.70. The van der Waals surface area contributed by atoms with E-state index >= 15 is 0 Å². The van der Waals surface area contributed by atoms with Crippen LogP contribution in [0.2, 0.25) is 0 Å². The highest BCUT2D eigenvalue weighted by Gasteiger charge is 2.32. The quantitative estimate of drug-likeness (QED) is 0.326. The number of pyridine rings is 1. The van der Waals surface area contributed by atoms with E-state index in [1.165, 1.54) is 40.3 Å². The van der Waals surface area contributed by atoms with Crippen molar-refractivity contribution in [1.29, 1.82) is 10.5 Å². The van der Waals surface area contributed by atoms with Gasteiger partial charge in [0.2, 0.25) is 0 Å². The van der Waals surface area contributed by atoms with Crippen molar-refractivity contribution in [2.75, 3.05) is 26.2 Å². The monoisotopic (exact) mass is 582 g/mol. The highest BCUT2D eigenvalue weighted by molar-refractivity contribution is 6.01. The lowest BCUT2D eigenvalue weighted by Gasteiger charge is -2.34. The zero-order chi connectivity index (χ0) is 30.7. The first-order chi connectivity index (χ1) is 20.8. The standard InChI is InChI=1S/C31H26F2N6O2.C2H6/c32-22-4-5-26(28(11-22)30(40)38-16-23(33)17-38)20-8-19(13-34)9-25(10-20)39-15-21(14-35)27-12-24(36-29(27)31(39)41)18-37-6-2-1-3-7-37;1-2/h4-5,8-12,15,23,36H,1-3,6-7,16-18H2;1-2H3. The van der Waals surface area contributed by atoms with Crippen LogP contribution >= 0.6 is 0 Å². The third-order valence-electron chi connectivity index (χ3n) is 7.79. The largest absolute Gasteiger partial charge is 0.353 e. The summed E-state index contributed by atoms with van der Waals surface area (Å²) in [6.45, 7) is 6.47. The van der Waals surface area contributed by atoms with Gasteiger partial charge in [0, 0.05) is 23.8 Å². The maximum atomic E-state index is 14.2. The zero-order valence-corrected chi connectivity index (χ0v) is 24.2. The van der Waals surface area contributed by atoms with E-state index < -0.39 is 23.5 Å². The Labute approximate surface area is 248 Å². The predicted molar refractivity (Wildman–Crippen MR) is 160 cm³/mol. The normalized spacial score (nSPS) is 15.3. The molecule has 0 bridgehead atoms. The van der Waals surface area contributed by atoms with Gasteiger partial charge in [-0.25, -0.2) is 8.78 Å². The molecule has 0 aliphatic carbocycles. The maximum Gasteiger partial charge on any atom is 0.279 e. The number of nitrogens with zero attached hydrogens (tertiary/aromatic N) is 5. The molecule has 0 radical (unpaired) electrons. The molecule has 10 heteroatoms. The molecule has 2 aromatic heterocycles. The van der Waals surface area contributed by atoms with Gasteiger partial charge in [0.25, 0.3) is 11.5 Å². The Balaban J connectivity index is 0.00000180. The summed E-state index contributed by atoms with van der Waals surface area (Å²) in [6.07, 6.45) is 3.80. The molecule has 8 nitrogen and oxygen atoms in total. The van der Waals surface area contributed by atoms with Crippen LogP contribution in [0.15, 0.2) is 53.5 Å². The van der Waals surface area contributed by atoms with Gasteiger partial charge in [0.05, 0.1) is 41.5 Å². The Morgan fingerprint density at radius 2 is 1.77 bits per heavy atom. The number of carbonyl (C=O) groups is 1. The molecule has 1 N–H and O–H groups in total. The van der Waals surface area contributed by atoms with Crippen LogP contribution in [-0.4, -0.2) is 57.6 Å². The minimum absolute atomic E-state index is 0.0326. The van der Waals surface area contributed by atoms with Crippen LogP contribution in [0.4, 0.5) is 8.78 Å². The summed E-state index contributed by atoms with van der Waals surface area (Å²) in [5, 5.41) is 20.3. The second-order valence-electron chi connectivity index (χ2n) is 10.6. The number of hydrogen-bond acceptors (Lipinski definition) is 5. The van der Waals surface area contributed by atoms with Crippen LogP contribution in [0.1, 0.15) is 60.3 Å². The van der Waals surface area contributed by atoms with Crippen molar-refractivity contribution in [3.63, 3.8) is 0 Å². The summed E-state index contributed by atoms with van der Waals surface area (Å²) < 4.78 is 29.0. The number of benzene rings is 2. The molecule has 4 heterocycles. The molecular formula is C33H32F2N6O2. The van der Waals surface area contributed by atoms with E-state index in [4.69, 9.17) is 0 Å². The second kappa shape index (κ2) is 12.6. The lowest BCUT2D eigenvalue weighted by molar-refractivity contribution is 0.0400. The molecule has 0 unspecified atom stereocenters. The van der Waals surface area contributed by atoms with Gasteiger partial charge in [-0.05, 0) is 73.5 Å². The number of amides is 1. The van der Waals surface area contributed by atoms with E-state index in [1.54, 1.807) is 12.1 Å². The average Bonchev–Trinajstić information content (AvgIpc) is 3.45. The van der Waals surface area contributed by atoms with E-state index in [0.717, 1.165) is 37.7 Å². The zero-order valence-electron chi connectivity index (χ0n) is 24.2. The Hall–Kier alpha value is -4.80. The van der Waals surface area contributed by atoms with Crippen LogP contribution in [-0.2, 0) is 6.54 Å². The van der Waals surface area contributed by atoms with Crippen LogP contribution in [0, 0.1) is 28.5 Å². The molecule has 43 heavy (non-hydrogen) atoms. The first-order valence-electron chi connectivity index (χ1n) is 14.5. The van der Waals surface area contributed by atoms with Crippen molar-refractivity contribution in [2.45, 2.75) is 45.8 Å². The van der Waals surface area contributed by atoms with Crippen molar-refractivity contribution >= 4 is 16.8 Å². The Morgan fingerprint density at radius 1 is 1.02 bits per heavy atom. The summed E-state index contributed by atoms with van der Waals surface area (Å²) in [6, 6.07) is 14.5. The molecule has 0 spiro atoms. The molecule has 2 saturated heterocycles. The van der Waals surface area contributed by atoms with Gasteiger partial charge < -0.3 is 9.88 Å². The fourth-order valence-corrected chi connectivity index (χ4v) is 5.67. The Bertz CT molecular complexity index is 1820. The highest BCUT2D eigenvalue weighted by Crippen LogP contribution is 2.30. The lowest BCUT2D eigenvalue weighted by Crippen LogP contribution is -2.51. The summed E-state index contributed by atoms with van der Waals surface area (Å²) in [7, 11) is 0. The third-order valence-corrected chi connectivity index (χ3v) is 7.79. The van der Waals surface area contributed by atoms with Crippen molar-refractivity contribution in [2.24, 2.45) is 0 Å². The van der Waals surface area contributed by atoms with Crippen molar-refractivity contribution < 1.29 is 13.6 Å². The topological polar surface area (TPSA) is 109 Å². The van der Waals surface area contributed by atoms with Crippen LogP contribution in [0.3, 0.4) is 0 Å². The number of H-pyrrole nitrogens is 1. The second-order valence-corrected chi connectivity index (χ2v) is 10.6. The average molecular weight is 583 g/mol. The van der Waals surface area contributed by atoms with Gasteiger partial charge in [-0.3, -0.25) is 19.1 Å². The fourth-order valence-electron chi connectivity index (χ4n) is 5.67. The number of halogens is 2. The van der Waals surface area contributed by atoms with E-state index in [0.29, 0.717) is 34.3 Å². The van der Waals surface area contributed by atoms with E-state index in [9.17, 15) is 28.9 Å².